The molecular formula is C18H22F2O3. The lowest BCUT2D eigenvalue weighted by atomic mass is 10.1. The molecule has 1 aromatic rings. The summed E-state index contributed by atoms with van der Waals surface area (Å²) in [7, 11) is 0. The van der Waals surface area contributed by atoms with Gasteiger partial charge >= 0.3 is 5.97 Å². The summed E-state index contributed by atoms with van der Waals surface area (Å²) in [6, 6.07) is 5.78. The van der Waals surface area contributed by atoms with Crippen LogP contribution >= 0.6 is 0 Å². The van der Waals surface area contributed by atoms with Crippen molar-refractivity contribution in [1.82, 2.24) is 0 Å². The molecule has 1 aliphatic rings. The van der Waals surface area contributed by atoms with Gasteiger partial charge in [-0.15, -0.1) is 0 Å². The maximum atomic E-state index is 13.7. The van der Waals surface area contributed by atoms with Crippen molar-refractivity contribution in [2.45, 2.75) is 27.4 Å². The van der Waals surface area contributed by atoms with Crippen LogP contribution in [0, 0.1) is 23.1 Å². The SMILES string of the molecule is CCOC/C(F)=C\[C@H]1[C@@H](C(=O)OCc2ccc(F)cc2)C1(C)C. The Morgan fingerprint density at radius 2 is 1.96 bits per heavy atom. The number of rotatable bonds is 7. The Labute approximate surface area is 135 Å². The van der Waals surface area contributed by atoms with Crippen LogP contribution in [0.2, 0.25) is 0 Å². The van der Waals surface area contributed by atoms with E-state index in [0.717, 1.165) is 0 Å². The average molecular weight is 324 g/mol. The fraction of sp³-hybridized carbons (Fsp3) is 0.500. The van der Waals surface area contributed by atoms with E-state index in [2.05, 4.69) is 0 Å². The lowest BCUT2D eigenvalue weighted by Gasteiger charge is -2.05. The van der Waals surface area contributed by atoms with Gasteiger partial charge in [0, 0.05) is 6.61 Å². The van der Waals surface area contributed by atoms with Crippen LogP contribution in [0.15, 0.2) is 36.2 Å². The maximum Gasteiger partial charge on any atom is 0.310 e. The highest BCUT2D eigenvalue weighted by atomic mass is 19.1. The first-order valence-corrected chi connectivity index (χ1v) is 7.71. The molecule has 2 atom stereocenters. The fourth-order valence-electron chi connectivity index (χ4n) is 2.71. The van der Waals surface area contributed by atoms with Gasteiger partial charge in [-0.3, -0.25) is 4.79 Å². The molecule has 0 heterocycles. The Morgan fingerprint density at radius 1 is 1.30 bits per heavy atom. The largest absolute Gasteiger partial charge is 0.461 e. The zero-order chi connectivity index (χ0) is 17.0. The molecule has 0 spiro atoms. The first-order valence-electron chi connectivity index (χ1n) is 7.71. The molecule has 0 bridgehead atoms. The van der Waals surface area contributed by atoms with Crippen molar-refractivity contribution in [2.75, 3.05) is 13.2 Å². The minimum absolute atomic E-state index is 0.0690. The molecule has 0 aromatic heterocycles. The fourth-order valence-corrected chi connectivity index (χ4v) is 2.71. The van der Waals surface area contributed by atoms with E-state index >= 15 is 0 Å². The number of carbonyl (C=O) groups is 1. The van der Waals surface area contributed by atoms with Gasteiger partial charge < -0.3 is 9.47 Å². The monoisotopic (exact) mass is 324 g/mol. The van der Waals surface area contributed by atoms with Crippen LogP contribution in [0.1, 0.15) is 26.3 Å². The highest BCUT2D eigenvalue weighted by molar-refractivity contribution is 5.78. The third-order valence-electron chi connectivity index (χ3n) is 4.26. The van der Waals surface area contributed by atoms with Crippen molar-refractivity contribution in [1.29, 1.82) is 0 Å². The molecule has 1 fully saturated rings. The minimum atomic E-state index is -0.365. The summed E-state index contributed by atoms with van der Waals surface area (Å²) in [5.41, 5.74) is 0.386. The molecule has 1 saturated carbocycles. The Hall–Kier alpha value is -1.75. The van der Waals surface area contributed by atoms with Crippen molar-refractivity contribution in [3.8, 4) is 0 Å². The van der Waals surface area contributed by atoms with Crippen molar-refractivity contribution >= 4 is 5.97 Å². The van der Waals surface area contributed by atoms with Crippen molar-refractivity contribution in [2.24, 2.45) is 17.3 Å². The van der Waals surface area contributed by atoms with E-state index in [1.54, 1.807) is 19.1 Å². The molecule has 2 rings (SSSR count). The van der Waals surface area contributed by atoms with Crippen LogP contribution in [0.3, 0.4) is 0 Å². The summed E-state index contributed by atoms with van der Waals surface area (Å²) in [6.07, 6.45) is 1.46. The van der Waals surface area contributed by atoms with E-state index in [0.29, 0.717) is 12.2 Å². The second kappa shape index (κ2) is 7.21. The van der Waals surface area contributed by atoms with E-state index in [1.807, 2.05) is 13.8 Å². The quantitative estimate of drug-likeness (QED) is 0.710. The van der Waals surface area contributed by atoms with Gasteiger partial charge in [0.1, 0.15) is 18.3 Å². The number of hydrogen-bond donors (Lipinski definition) is 0. The highest BCUT2D eigenvalue weighted by Crippen LogP contribution is 2.59. The van der Waals surface area contributed by atoms with Crippen LogP contribution in [0.25, 0.3) is 0 Å². The maximum absolute atomic E-state index is 13.7. The van der Waals surface area contributed by atoms with Gasteiger partial charge in [0.05, 0.1) is 12.5 Å². The summed E-state index contributed by atoms with van der Waals surface area (Å²) < 4.78 is 36.8. The third kappa shape index (κ3) is 4.38. The average Bonchev–Trinajstić information content (AvgIpc) is 3.05. The minimum Gasteiger partial charge on any atom is -0.461 e. The number of ether oxygens (including phenoxy) is 2. The van der Waals surface area contributed by atoms with Gasteiger partial charge in [-0.2, -0.15) is 0 Å². The molecule has 0 radical (unpaired) electrons. The first-order chi connectivity index (χ1) is 10.9. The zero-order valence-corrected chi connectivity index (χ0v) is 13.6. The van der Waals surface area contributed by atoms with Crippen LogP contribution in [-0.2, 0) is 20.9 Å². The van der Waals surface area contributed by atoms with Gasteiger partial charge in [0.25, 0.3) is 0 Å². The number of esters is 1. The molecular weight excluding hydrogens is 302 g/mol. The number of hydrogen-bond acceptors (Lipinski definition) is 3. The molecule has 0 aliphatic heterocycles. The number of halogens is 2. The smallest absolute Gasteiger partial charge is 0.310 e. The van der Waals surface area contributed by atoms with Gasteiger partial charge in [-0.1, -0.05) is 26.0 Å². The number of benzene rings is 1. The predicted molar refractivity (Wildman–Crippen MR) is 82.6 cm³/mol. The highest BCUT2D eigenvalue weighted by Gasteiger charge is 2.61. The van der Waals surface area contributed by atoms with E-state index in [1.165, 1.54) is 18.2 Å². The Kier molecular flexibility index (Phi) is 5.52. The zero-order valence-electron chi connectivity index (χ0n) is 13.6. The van der Waals surface area contributed by atoms with Crippen LogP contribution in [-0.4, -0.2) is 19.2 Å². The van der Waals surface area contributed by atoms with Gasteiger partial charge in [0.15, 0.2) is 0 Å². The number of allylic oxidation sites excluding steroid dienone is 1. The Balaban J connectivity index is 1.90. The standard InChI is InChI=1S/C18H22F2O3/c1-4-22-11-14(20)9-15-16(18(15,2)3)17(21)23-10-12-5-7-13(19)8-6-12/h5-9,15-16H,4,10-11H2,1-3H3/b14-9+/t15-,16-/m0/s1. The van der Waals surface area contributed by atoms with Crippen molar-refractivity contribution < 1.29 is 23.0 Å². The molecule has 23 heavy (non-hydrogen) atoms. The van der Waals surface area contributed by atoms with Crippen molar-refractivity contribution in [3.05, 3.63) is 47.5 Å². The van der Waals surface area contributed by atoms with Crippen LogP contribution < -0.4 is 0 Å². The van der Waals surface area contributed by atoms with E-state index in [-0.39, 0.29) is 48.1 Å². The molecule has 0 amide bonds. The molecule has 3 nitrogen and oxygen atoms in total. The molecule has 126 valence electrons. The van der Waals surface area contributed by atoms with E-state index in [9.17, 15) is 13.6 Å². The van der Waals surface area contributed by atoms with Crippen molar-refractivity contribution in [3.63, 3.8) is 0 Å². The summed E-state index contributed by atoms with van der Waals surface area (Å²) in [5, 5.41) is 0. The van der Waals surface area contributed by atoms with E-state index in [4.69, 9.17) is 9.47 Å². The summed E-state index contributed by atoms with van der Waals surface area (Å²) in [4.78, 5) is 12.2. The summed E-state index contributed by atoms with van der Waals surface area (Å²) in [6.45, 7) is 6.07. The lowest BCUT2D eigenvalue weighted by Crippen LogP contribution is -2.10. The Bertz CT molecular complexity index is 578. The molecule has 1 aromatic carbocycles. The van der Waals surface area contributed by atoms with Gasteiger partial charge in [-0.25, -0.2) is 8.78 Å². The van der Waals surface area contributed by atoms with Crippen LogP contribution in [0.5, 0.6) is 0 Å². The first kappa shape index (κ1) is 17.6. The summed E-state index contributed by atoms with van der Waals surface area (Å²) >= 11 is 0. The predicted octanol–water partition coefficient (Wildman–Crippen LogP) is 4.03. The Morgan fingerprint density at radius 3 is 2.57 bits per heavy atom. The molecule has 5 heteroatoms. The number of carbonyl (C=O) groups excluding carboxylic acids is 1. The van der Waals surface area contributed by atoms with Crippen LogP contribution in [0.4, 0.5) is 8.78 Å². The molecule has 0 unspecified atom stereocenters. The summed E-state index contributed by atoms with van der Waals surface area (Å²) in [5.74, 6) is -1.61. The third-order valence-corrected chi connectivity index (χ3v) is 4.26. The molecule has 0 saturated heterocycles. The second-order valence-electron chi connectivity index (χ2n) is 6.31. The topological polar surface area (TPSA) is 35.5 Å². The molecule has 1 aliphatic carbocycles. The van der Waals surface area contributed by atoms with E-state index < -0.39 is 0 Å². The van der Waals surface area contributed by atoms with Gasteiger partial charge in [-0.05, 0) is 42.0 Å². The second-order valence-corrected chi connectivity index (χ2v) is 6.31. The normalized spacial score (nSPS) is 22.7. The van der Waals surface area contributed by atoms with Gasteiger partial charge in [0.2, 0.25) is 0 Å². The lowest BCUT2D eigenvalue weighted by molar-refractivity contribution is -0.147. The molecule has 0 N–H and O–H groups in total.